The normalized spacial score (nSPS) is 10.5. The highest BCUT2D eigenvalue weighted by molar-refractivity contribution is 9.10. The number of esters is 1. The van der Waals surface area contributed by atoms with Gasteiger partial charge in [-0.3, -0.25) is 0 Å². The zero-order valence-electron chi connectivity index (χ0n) is 10.9. The van der Waals surface area contributed by atoms with E-state index in [9.17, 15) is 4.79 Å². The third-order valence-electron chi connectivity index (χ3n) is 2.80. The molecule has 0 unspecified atom stereocenters. The van der Waals surface area contributed by atoms with Gasteiger partial charge in [0.2, 0.25) is 0 Å². The number of carbonyl (C=O) groups excluding carboxylic acids is 1. The average molecular weight is 319 g/mol. The van der Waals surface area contributed by atoms with Gasteiger partial charge >= 0.3 is 5.97 Å². The van der Waals surface area contributed by atoms with E-state index in [1.54, 1.807) is 12.1 Å². The number of hydrogen-bond acceptors (Lipinski definition) is 2. The lowest BCUT2D eigenvalue weighted by molar-refractivity contribution is 0.0733. The molecule has 19 heavy (non-hydrogen) atoms. The summed E-state index contributed by atoms with van der Waals surface area (Å²) in [6.45, 7) is 4.15. The minimum atomic E-state index is -0.339. The molecule has 0 aliphatic heterocycles. The Labute approximate surface area is 121 Å². The first-order chi connectivity index (χ1) is 9.08. The predicted molar refractivity (Wildman–Crippen MR) is 79.6 cm³/mol. The maximum Gasteiger partial charge on any atom is 0.343 e. The topological polar surface area (TPSA) is 26.3 Å². The summed E-state index contributed by atoms with van der Waals surface area (Å²) in [5.41, 5.74) is 1.57. The van der Waals surface area contributed by atoms with Crippen LogP contribution in [0.25, 0.3) is 0 Å². The van der Waals surface area contributed by atoms with E-state index >= 15 is 0 Å². The number of benzene rings is 2. The van der Waals surface area contributed by atoms with Gasteiger partial charge in [-0.05, 0) is 35.7 Å². The molecule has 0 aliphatic carbocycles. The van der Waals surface area contributed by atoms with Gasteiger partial charge in [0.1, 0.15) is 5.75 Å². The Hall–Kier alpha value is -1.61. The predicted octanol–water partition coefficient (Wildman–Crippen LogP) is 4.79. The summed E-state index contributed by atoms with van der Waals surface area (Å²) in [5.74, 6) is 0.600. The first-order valence-electron chi connectivity index (χ1n) is 6.14. The molecule has 0 aromatic heterocycles. The molecule has 0 heterocycles. The van der Waals surface area contributed by atoms with Crippen LogP contribution < -0.4 is 4.74 Å². The first-order valence-corrected chi connectivity index (χ1v) is 6.94. The molecule has 0 saturated heterocycles. The maximum absolute atomic E-state index is 12.1. The van der Waals surface area contributed by atoms with Crippen LogP contribution in [-0.2, 0) is 0 Å². The minimum Gasteiger partial charge on any atom is -0.423 e. The number of hydrogen-bond donors (Lipinski definition) is 0. The Kier molecular flexibility index (Phi) is 4.38. The van der Waals surface area contributed by atoms with Crippen LogP contribution in [0.15, 0.2) is 53.0 Å². The standard InChI is InChI=1S/C16H15BrO2/c1-11(2)14-8-3-4-9-15(14)19-16(18)12-6-5-7-13(17)10-12/h3-11H,1-2H3. The zero-order valence-corrected chi connectivity index (χ0v) is 12.5. The van der Waals surface area contributed by atoms with Crippen LogP contribution in [0, 0.1) is 0 Å². The fourth-order valence-corrected chi connectivity index (χ4v) is 2.22. The monoisotopic (exact) mass is 318 g/mol. The van der Waals surface area contributed by atoms with Gasteiger partial charge in [0.25, 0.3) is 0 Å². The smallest absolute Gasteiger partial charge is 0.343 e. The Morgan fingerprint density at radius 1 is 1.11 bits per heavy atom. The number of carbonyl (C=O) groups is 1. The van der Waals surface area contributed by atoms with Crippen molar-refractivity contribution in [1.29, 1.82) is 0 Å². The largest absolute Gasteiger partial charge is 0.423 e. The Morgan fingerprint density at radius 2 is 1.84 bits per heavy atom. The van der Waals surface area contributed by atoms with Crippen molar-refractivity contribution in [3.8, 4) is 5.75 Å². The summed E-state index contributed by atoms with van der Waals surface area (Å²) in [7, 11) is 0. The number of para-hydroxylation sites is 1. The van der Waals surface area contributed by atoms with Crippen LogP contribution in [0.3, 0.4) is 0 Å². The Bertz CT molecular complexity index is 591. The highest BCUT2D eigenvalue weighted by Crippen LogP contribution is 2.26. The van der Waals surface area contributed by atoms with E-state index in [2.05, 4.69) is 29.8 Å². The molecule has 3 heteroatoms. The third kappa shape index (κ3) is 3.44. The van der Waals surface area contributed by atoms with E-state index < -0.39 is 0 Å². The van der Waals surface area contributed by atoms with E-state index in [0.717, 1.165) is 10.0 Å². The summed E-state index contributed by atoms with van der Waals surface area (Å²) in [6, 6.07) is 14.8. The molecule has 0 spiro atoms. The van der Waals surface area contributed by atoms with Crippen LogP contribution in [-0.4, -0.2) is 5.97 Å². The van der Waals surface area contributed by atoms with Gasteiger partial charge in [0, 0.05) is 4.47 Å². The molecular formula is C16H15BrO2. The lowest BCUT2D eigenvalue weighted by Crippen LogP contribution is -2.10. The lowest BCUT2D eigenvalue weighted by atomic mass is 10.0. The first kappa shape index (κ1) is 13.8. The zero-order chi connectivity index (χ0) is 13.8. The summed E-state index contributed by atoms with van der Waals surface area (Å²) in [5, 5.41) is 0. The van der Waals surface area contributed by atoms with Gasteiger partial charge in [-0.15, -0.1) is 0 Å². The van der Waals surface area contributed by atoms with Gasteiger partial charge in [0.15, 0.2) is 0 Å². The summed E-state index contributed by atoms with van der Waals surface area (Å²) in [6.07, 6.45) is 0. The van der Waals surface area contributed by atoms with Crippen LogP contribution in [0.4, 0.5) is 0 Å². The fraction of sp³-hybridized carbons (Fsp3) is 0.188. The second kappa shape index (κ2) is 6.02. The molecule has 0 radical (unpaired) electrons. The van der Waals surface area contributed by atoms with E-state index in [1.807, 2.05) is 36.4 Å². The molecular weight excluding hydrogens is 304 g/mol. The minimum absolute atomic E-state index is 0.312. The molecule has 2 aromatic rings. The second-order valence-corrected chi connectivity index (χ2v) is 5.51. The Morgan fingerprint density at radius 3 is 2.53 bits per heavy atom. The highest BCUT2D eigenvalue weighted by Gasteiger charge is 2.13. The van der Waals surface area contributed by atoms with E-state index in [1.165, 1.54) is 0 Å². The summed E-state index contributed by atoms with van der Waals surface area (Å²) < 4.78 is 6.35. The van der Waals surface area contributed by atoms with Gasteiger partial charge in [-0.1, -0.05) is 54.0 Å². The summed E-state index contributed by atoms with van der Waals surface area (Å²) in [4.78, 5) is 12.1. The van der Waals surface area contributed by atoms with Crippen molar-refractivity contribution in [2.45, 2.75) is 19.8 Å². The molecule has 2 rings (SSSR count). The molecule has 2 aromatic carbocycles. The van der Waals surface area contributed by atoms with Crippen molar-refractivity contribution in [2.75, 3.05) is 0 Å². The van der Waals surface area contributed by atoms with E-state index in [0.29, 0.717) is 17.2 Å². The van der Waals surface area contributed by atoms with E-state index in [4.69, 9.17) is 4.74 Å². The molecule has 2 nitrogen and oxygen atoms in total. The van der Waals surface area contributed by atoms with Gasteiger partial charge < -0.3 is 4.74 Å². The molecule has 0 bridgehead atoms. The Balaban J connectivity index is 2.24. The third-order valence-corrected chi connectivity index (χ3v) is 3.30. The number of ether oxygens (including phenoxy) is 1. The van der Waals surface area contributed by atoms with Crippen molar-refractivity contribution >= 4 is 21.9 Å². The van der Waals surface area contributed by atoms with Gasteiger partial charge in [-0.2, -0.15) is 0 Å². The second-order valence-electron chi connectivity index (χ2n) is 4.59. The van der Waals surface area contributed by atoms with Crippen molar-refractivity contribution in [2.24, 2.45) is 0 Å². The van der Waals surface area contributed by atoms with Crippen molar-refractivity contribution in [3.63, 3.8) is 0 Å². The van der Waals surface area contributed by atoms with Crippen LogP contribution in [0.5, 0.6) is 5.75 Å². The SMILES string of the molecule is CC(C)c1ccccc1OC(=O)c1cccc(Br)c1. The number of rotatable bonds is 3. The summed E-state index contributed by atoms with van der Waals surface area (Å²) >= 11 is 3.35. The molecule has 0 fully saturated rings. The van der Waals surface area contributed by atoms with Crippen LogP contribution in [0.2, 0.25) is 0 Å². The average Bonchev–Trinajstić information content (AvgIpc) is 2.39. The molecule has 0 N–H and O–H groups in total. The van der Waals surface area contributed by atoms with Crippen molar-refractivity contribution < 1.29 is 9.53 Å². The van der Waals surface area contributed by atoms with Crippen molar-refractivity contribution in [3.05, 3.63) is 64.1 Å². The van der Waals surface area contributed by atoms with E-state index in [-0.39, 0.29) is 5.97 Å². The lowest BCUT2D eigenvalue weighted by Gasteiger charge is -2.12. The van der Waals surface area contributed by atoms with Crippen molar-refractivity contribution in [1.82, 2.24) is 0 Å². The maximum atomic E-state index is 12.1. The molecule has 0 aliphatic rings. The molecule has 0 atom stereocenters. The van der Waals surface area contributed by atoms with Crippen LogP contribution >= 0.6 is 15.9 Å². The quantitative estimate of drug-likeness (QED) is 0.600. The molecule has 0 amide bonds. The highest BCUT2D eigenvalue weighted by atomic mass is 79.9. The van der Waals surface area contributed by atoms with Gasteiger partial charge in [0.05, 0.1) is 5.56 Å². The molecule has 98 valence electrons. The fourth-order valence-electron chi connectivity index (χ4n) is 1.82. The number of halogens is 1. The van der Waals surface area contributed by atoms with Gasteiger partial charge in [-0.25, -0.2) is 4.79 Å². The molecule has 0 saturated carbocycles. The van der Waals surface area contributed by atoms with Crippen LogP contribution in [0.1, 0.15) is 35.7 Å².